The third-order valence-corrected chi connectivity index (χ3v) is 4.72. The van der Waals surface area contributed by atoms with E-state index in [2.05, 4.69) is 44.2 Å². The molecular weight excluding hydrogens is 294 g/mol. The summed E-state index contributed by atoms with van der Waals surface area (Å²) >= 11 is 1.77. The van der Waals surface area contributed by atoms with Crippen molar-refractivity contribution in [2.45, 2.75) is 60.0 Å². The van der Waals surface area contributed by atoms with E-state index in [1.54, 1.807) is 11.3 Å². The fourth-order valence-electron chi connectivity index (χ4n) is 2.40. The summed E-state index contributed by atoms with van der Waals surface area (Å²) in [6.07, 6.45) is 1.87. The highest BCUT2D eigenvalue weighted by Crippen LogP contribution is 2.30. The zero-order chi connectivity index (χ0) is 16.3. The second-order valence-electron chi connectivity index (χ2n) is 5.75. The Bertz CT molecular complexity index is 657. The molecule has 1 unspecified atom stereocenters. The zero-order valence-corrected chi connectivity index (χ0v) is 14.9. The van der Waals surface area contributed by atoms with Crippen LogP contribution in [0.5, 0.6) is 0 Å². The van der Waals surface area contributed by atoms with Gasteiger partial charge in [-0.1, -0.05) is 13.8 Å². The van der Waals surface area contributed by atoms with E-state index >= 15 is 0 Å². The molecule has 1 atom stereocenters. The average Bonchev–Trinajstić information content (AvgIpc) is 3.02. The van der Waals surface area contributed by atoms with Crippen molar-refractivity contribution in [2.75, 3.05) is 0 Å². The lowest BCUT2D eigenvalue weighted by atomic mass is 10.1. The van der Waals surface area contributed by atoms with Crippen LogP contribution in [0.3, 0.4) is 0 Å². The molecule has 2 heterocycles. The van der Waals surface area contributed by atoms with Crippen LogP contribution in [0.2, 0.25) is 0 Å². The summed E-state index contributed by atoms with van der Waals surface area (Å²) in [6, 6.07) is 4.24. The van der Waals surface area contributed by atoms with E-state index in [0.717, 1.165) is 30.6 Å². The minimum atomic E-state index is -0.0360. The maximum absolute atomic E-state index is 12.5. The number of carbonyl (C=O) groups excluding carboxylic acids is 1. The van der Waals surface area contributed by atoms with Crippen LogP contribution >= 0.6 is 11.3 Å². The van der Waals surface area contributed by atoms with Crippen molar-refractivity contribution < 1.29 is 4.79 Å². The monoisotopic (exact) mass is 319 g/mol. The quantitative estimate of drug-likeness (QED) is 0.868. The van der Waals surface area contributed by atoms with Crippen molar-refractivity contribution in [3.63, 3.8) is 0 Å². The third-order valence-electron chi connectivity index (χ3n) is 3.75. The van der Waals surface area contributed by atoms with Gasteiger partial charge in [-0.2, -0.15) is 5.10 Å². The molecular formula is C17H25N3OS. The summed E-state index contributed by atoms with van der Waals surface area (Å²) in [4.78, 5) is 15.0. The van der Waals surface area contributed by atoms with Gasteiger partial charge in [0.2, 0.25) is 0 Å². The van der Waals surface area contributed by atoms with E-state index in [1.807, 2.05) is 17.7 Å². The van der Waals surface area contributed by atoms with Crippen molar-refractivity contribution in [2.24, 2.45) is 0 Å². The lowest BCUT2D eigenvalue weighted by Crippen LogP contribution is -2.33. The van der Waals surface area contributed by atoms with Gasteiger partial charge in [0.15, 0.2) is 0 Å². The van der Waals surface area contributed by atoms with Crippen LogP contribution in [0.1, 0.15) is 53.9 Å². The van der Waals surface area contributed by atoms with Crippen LogP contribution in [0, 0.1) is 13.8 Å². The Morgan fingerprint density at radius 3 is 2.64 bits per heavy atom. The number of amides is 1. The van der Waals surface area contributed by atoms with Gasteiger partial charge in [-0.3, -0.25) is 9.48 Å². The fourth-order valence-corrected chi connectivity index (χ4v) is 3.33. The lowest BCUT2D eigenvalue weighted by Gasteiger charge is -2.12. The van der Waals surface area contributed by atoms with Crippen molar-refractivity contribution >= 4 is 17.2 Å². The molecule has 4 nitrogen and oxygen atoms in total. The number of aromatic nitrogens is 2. The Labute approximate surface area is 136 Å². The molecule has 0 aliphatic carbocycles. The number of nitrogens with zero attached hydrogens (tertiary/aromatic N) is 2. The van der Waals surface area contributed by atoms with Gasteiger partial charge < -0.3 is 5.32 Å². The summed E-state index contributed by atoms with van der Waals surface area (Å²) < 4.78 is 1.83. The van der Waals surface area contributed by atoms with Crippen LogP contribution in [0.4, 0.5) is 0 Å². The Hall–Kier alpha value is -1.62. The third kappa shape index (κ3) is 3.58. The molecule has 2 rings (SSSR count). The van der Waals surface area contributed by atoms with Crippen molar-refractivity contribution in [3.05, 3.63) is 27.6 Å². The Morgan fingerprint density at radius 1 is 1.36 bits per heavy atom. The second kappa shape index (κ2) is 7.09. The molecule has 2 aromatic heterocycles. The Morgan fingerprint density at radius 2 is 2.09 bits per heavy atom. The van der Waals surface area contributed by atoms with Crippen LogP contribution in [0.15, 0.2) is 12.1 Å². The molecule has 120 valence electrons. The maximum atomic E-state index is 12.5. The number of hydrogen-bond acceptors (Lipinski definition) is 3. The molecule has 0 bridgehead atoms. The first-order valence-electron chi connectivity index (χ1n) is 7.92. The van der Waals surface area contributed by atoms with Gasteiger partial charge in [0.1, 0.15) is 5.69 Å². The van der Waals surface area contributed by atoms with Crippen molar-refractivity contribution in [1.29, 1.82) is 0 Å². The minimum Gasteiger partial charge on any atom is -0.348 e. The second-order valence-corrected chi connectivity index (χ2v) is 7.21. The van der Waals surface area contributed by atoms with E-state index in [0.29, 0.717) is 5.69 Å². The highest BCUT2D eigenvalue weighted by Gasteiger charge is 2.18. The van der Waals surface area contributed by atoms with Gasteiger partial charge in [0.05, 0.1) is 5.69 Å². The number of thiophene rings is 1. The van der Waals surface area contributed by atoms with Gasteiger partial charge in [-0.15, -0.1) is 11.3 Å². The molecule has 0 aliphatic rings. The van der Waals surface area contributed by atoms with Crippen LogP contribution in [-0.2, 0) is 6.54 Å². The summed E-state index contributed by atoms with van der Waals surface area (Å²) in [5.41, 5.74) is 2.68. The van der Waals surface area contributed by atoms with Crippen LogP contribution < -0.4 is 5.32 Å². The number of hydrogen-bond donors (Lipinski definition) is 1. The topological polar surface area (TPSA) is 46.9 Å². The summed E-state index contributed by atoms with van der Waals surface area (Å²) in [5, 5.41) is 7.69. The van der Waals surface area contributed by atoms with Crippen LogP contribution in [0.25, 0.3) is 11.3 Å². The summed E-state index contributed by atoms with van der Waals surface area (Å²) in [5.74, 6) is -0.0360. The molecule has 22 heavy (non-hydrogen) atoms. The Kier molecular flexibility index (Phi) is 5.40. The van der Waals surface area contributed by atoms with Gasteiger partial charge in [0, 0.05) is 27.9 Å². The molecule has 0 saturated carbocycles. The van der Waals surface area contributed by atoms with E-state index in [-0.39, 0.29) is 11.9 Å². The van der Waals surface area contributed by atoms with Crippen LogP contribution in [-0.4, -0.2) is 21.7 Å². The SMILES string of the molecule is CCCn1nc(-c2cc(C)sc2C)cc1C(=O)NC(C)CC. The number of rotatable bonds is 6. The van der Waals surface area contributed by atoms with E-state index < -0.39 is 0 Å². The molecule has 0 aliphatic heterocycles. The minimum absolute atomic E-state index is 0.0360. The van der Waals surface area contributed by atoms with E-state index in [9.17, 15) is 4.79 Å². The fraction of sp³-hybridized carbons (Fsp3) is 0.529. The summed E-state index contributed by atoms with van der Waals surface area (Å²) in [6.45, 7) is 11.1. The van der Waals surface area contributed by atoms with Gasteiger partial charge in [-0.25, -0.2) is 0 Å². The largest absolute Gasteiger partial charge is 0.348 e. The first-order valence-corrected chi connectivity index (χ1v) is 8.74. The van der Waals surface area contributed by atoms with E-state index in [1.165, 1.54) is 9.75 Å². The van der Waals surface area contributed by atoms with Crippen molar-refractivity contribution in [3.8, 4) is 11.3 Å². The normalized spacial score (nSPS) is 12.4. The lowest BCUT2D eigenvalue weighted by molar-refractivity contribution is 0.0928. The summed E-state index contributed by atoms with van der Waals surface area (Å²) in [7, 11) is 0. The molecule has 0 saturated heterocycles. The van der Waals surface area contributed by atoms with Crippen molar-refractivity contribution in [1.82, 2.24) is 15.1 Å². The molecule has 2 aromatic rings. The van der Waals surface area contributed by atoms with Gasteiger partial charge >= 0.3 is 0 Å². The number of nitrogens with one attached hydrogen (secondary N) is 1. The molecule has 0 radical (unpaired) electrons. The molecule has 0 fully saturated rings. The number of aryl methyl sites for hydroxylation is 3. The molecule has 0 spiro atoms. The standard InChI is InChI=1S/C17H25N3OS/c1-6-8-20-16(17(21)18-11(3)7-2)10-15(19-20)14-9-12(4)22-13(14)5/h9-11H,6-8H2,1-5H3,(H,18,21). The van der Waals surface area contributed by atoms with E-state index in [4.69, 9.17) is 0 Å². The first kappa shape index (κ1) is 16.7. The Balaban J connectivity index is 2.37. The van der Waals surface area contributed by atoms with Gasteiger partial charge in [0.25, 0.3) is 5.91 Å². The number of carbonyl (C=O) groups is 1. The molecule has 1 amide bonds. The predicted molar refractivity (Wildman–Crippen MR) is 92.5 cm³/mol. The molecule has 1 N–H and O–H groups in total. The zero-order valence-electron chi connectivity index (χ0n) is 14.1. The molecule has 5 heteroatoms. The first-order chi connectivity index (χ1) is 10.5. The average molecular weight is 319 g/mol. The highest BCUT2D eigenvalue weighted by molar-refractivity contribution is 7.12. The molecule has 0 aromatic carbocycles. The highest BCUT2D eigenvalue weighted by atomic mass is 32.1. The smallest absolute Gasteiger partial charge is 0.269 e. The van der Waals surface area contributed by atoms with Gasteiger partial charge in [-0.05, 0) is 45.7 Å². The maximum Gasteiger partial charge on any atom is 0.269 e. The predicted octanol–water partition coefficient (Wildman–Crippen LogP) is 4.17.